The first-order valence-corrected chi connectivity index (χ1v) is 20.0. The van der Waals surface area contributed by atoms with Crippen LogP contribution in [0.5, 0.6) is 0 Å². The summed E-state index contributed by atoms with van der Waals surface area (Å²) in [5.41, 5.74) is 3.04. The summed E-state index contributed by atoms with van der Waals surface area (Å²) in [6, 6.07) is 16.9. The van der Waals surface area contributed by atoms with E-state index >= 15 is 0 Å². The third kappa shape index (κ3) is 7.11. The van der Waals surface area contributed by atoms with Gasteiger partial charge in [0.2, 0.25) is 5.91 Å². The number of hydrogen-bond acceptors (Lipinski definition) is 6. The van der Waals surface area contributed by atoms with Crippen molar-refractivity contribution >= 4 is 25.1 Å². The van der Waals surface area contributed by atoms with E-state index in [1.807, 2.05) is 54.6 Å². The lowest BCUT2D eigenvalue weighted by Gasteiger charge is -2.64. The van der Waals surface area contributed by atoms with Gasteiger partial charge in [-0.15, -0.1) is 0 Å². The molecule has 4 aliphatic heterocycles. The standard InChI is InChI=1S/C42H55BN4O6/c1-41(2)32-22-35(41)42(3)36(23-32)52-43(53-42)37-20-12-7-5-4-6-8-15-21-45(25-29-16-10-9-11-17-29)39(49)47-28-33(24-34(47)38(48)44-37)51-40(50)46-26-30-18-13-14-19-31(30)27-46/h8-11,13-19,32-37H,4-7,12,20-28H2,1-3H3,(H,44,48)/b15-8+/t32-,33+,34-,35-,36?,37-,42+/m0/s1. The molecule has 282 valence electrons. The Balaban J connectivity index is 1.04. The summed E-state index contributed by atoms with van der Waals surface area (Å²) in [6.07, 6.45) is 11.4. The van der Waals surface area contributed by atoms with Crippen molar-refractivity contribution in [1.29, 1.82) is 0 Å². The number of hydrogen-bond donors (Lipinski definition) is 1. The van der Waals surface area contributed by atoms with E-state index in [4.69, 9.17) is 14.0 Å². The maximum absolute atomic E-state index is 14.6. The highest BCUT2D eigenvalue weighted by Gasteiger charge is 2.68. The van der Waals surface area contributed by atoms with E-state index in [0.717, 1.165) is 68.1 Å². The SMILES string of the molecule is CC1(C)[C@@H]2CC3OB([C@@H]4CCCCCC/C=C/CN(Cc5ccccc5)C(=O)N5C[C@H](OC(=O)N6Cc7ccccc7C6)C[C@H]5C(=O)N4)O[C@]3(C)[C@H]1C2. The van der Waals surface area contributed by atoms with Crippen molar-refractivity contribution in [2.24, 2.45) is 17.3 Å². The van der Waals surface area contributed by atoms with Crippen molar-refractivity contribution in [3.8, 4) is 0 Å². The van der Waals surface area contributed by atoms with Gasteiger partial charge in [0.15, 0.2) is 0 Å². The Hall–Kier alpha value is -3.83. The second kappa shape index (κ2) is 14.8. The summed E-state index contributed by atoms with van der Waals surface area (Å²) in [6.45, 7) is 8.83. The Morgan fingerprint density at radius 1 is 0.925 bits per heavy atom. The molecule has 11 heteroatoms. The summed E-state index contributed by atoms with van der Waals surface area (Å²) in [5.74, 6) is 0.422. The molecule has 4 heterocycles. The van der Waals surface area contributed by atoms with Crippen LogP contribution in [0.4, 0.5) is 9.59 Å². The molecule has 2 aromatic carbocycles. The number of allylic oxidation sites excluding steroid dienone is 1. The Morgan fingerprint density at radius 3 is 2.42 bits per heavy atom. The second-order valence-electron chi connectivity index (χ2n) is 17.1. The van der Waals surface area contributed by atoms with Gasteiger partial charge >= 0.3 is 19.2 Å². The molecular formula is C42H55BN4O6. The number of fused-ring (bicyclic) bond motifs is 2. The van der Waals surface area contributed by atoms with Gasteiger partial charge in [0, 0.05) is 32.6 Å². The molecule has 3 saturated carbocycles. The molecule has 1 unspecified atom stereocenters. The molecular weight excluding hydrogens is 667 g/mol. The fourth-order valence-electron chi connectivity index (χ4n) is 10.1. The van der Waals surface area contributed by atoms with Crippen molar-refractivity contribution in [3.05, 3.63) is 83.4 Å². The molecule has 7 aliphatic rings. The number of benzene rings is 2. The third-order valence-corrected chi connectivity index (χ3v) is 13.4. The largest absolute Gasteiger partial charge is 0.481 e. The van der Waals surface area contributed by atoms with E-state index < -0.39 is 31.0 Å². The molecule has 4 amide bonds. The monoisotopic (exact) mass is 722 g/mol. The number of carbonyl (C=O) groups excluding carboxylic acids is 3. The lowest BCUT2D eigenvalue weighted by atomic mass is 9.43. The Morgan fingerprint density at radius 2 is 1.66 bits per heavy atom. The highest BCUT2D eigenvalue weighted by atomic mass is 16.7. The molecule has 5 fully saturated rings. The molecule has 2 bridgehead atoms. The zero-order chi connectivity index (χ0) is 36.7. The normalized spacial score (nSPS) is 33.4. The van der Waals surface area contributed by atoms with Gasteiger partial charge in [-0.2, -0.15) is 0 Å². The molecule has 7 atom stereocenters. The smallest absolute Gasteiger partial charge is 0.444 e. The first-order chi connectivity index (χ1) is 25.6. The van der Waals surface area contributed by atoms with Crippen LogP contribution in [-0.4, -0.2) is 82.7 Å². The van der Waals surface area contributed by atoms with Gasteiger partial charge in [-0.25, -0.2) is 9.59 Å². The zero-order valence-corrected chi connectivity index (χ0v) is 31.6. The minimum absolute atomic E-state index is 0.00458. The van der Waals surface area contributed by atoms with Crippen LogP contribution in [0.25, 0.3) is 0 Å². The number of carbonyl (C=O) groups is 3. The Kier molecular flexibility index (Phi) is 10.1. The fourth-order valence-corrected chi connectivity index (χ4v) is 10.1. The van der Waals surface area contributed by atoms with E-state index in [1.54, 1.807) is 14.7 Å². The number of nitrogens with one attached hydrogen (secondary N) is 1. The fraction of sp³-hybridized carbons (Fsp3) is 0.595. The van der Waals surface area contributed by atoms with E-state index in [-0.39, 0.29) is 42.4 Å². The number of amides is 4. The average Bonchev–Trinajstić information content (AvgIpc) is 3.87. The molecule has 0 aromatic heterocycles. The highest BCUT2D eigenvalue weighted by molar-refractivity contribution is 6.48. The summed E-state index contributed by atoms with van der Waals surface area (Å²) < 4.78 is 19.7. The molecule has 3 aliphatic carbocycles. The maximum atomic E-state index is 14.6. The van der Waals surface area contributed by atoms with Gasteiger partial charge in [-0.3, -0.25) is 9.69 Å². The van der Waals surface area contributed by atoms with Gasteiger partial charge in [0.05, 0.1) is 24.2 Å². The molecule has 10 nitrogen and oxygen atoms in total. The van der Waals surface area contributed by atoms with Gasteiger partial charge in [0.1, 0.15) is 12.1 Å². The van der Waals surface area contributed by atoms with Crippen molar-refractivity contribution in [2.45, 2.75) is 128 Å². The van der Waals surface area contributed by atoms with E-state index in [2.05, 4.69) is 38.2 Å². The summed E-state index contributed by atoms with van der Waals surface area (Å²) in [4.78, 5) is 47.8. The van der Waals surface area contributed by atoms with Crippen LogP contribution in [0.15, 0.2) is 66.7 Å². The van der Waals surface area contributed by atoms with Gasteiger partial charge in [-0.1, -0.05) is 99.9 Å². The minimum Gasteiger partial charge on any atom is -0.444 e. The van der Waals surface area contributed by atoms with Crippen LogP contribution in [-0.2, 0) is 38.5 Å². The predicted molar refractivity (Wildman–Crippen MR) is 202 cm³/mol. The molecule has 2 aromatic rings. The first-order valence-electron chi connectivity index (χ1n) is 20.0. The Labute approximate surface area is 314 Å². The molecule has 53 heavy (non-hydrogen) atoms. The Bertz CT molecular complexity index is 1680. The van der Waals surface area contributed by atoms with Crippen LogP contribution in [0.3, 0.4) is 0 Å². The lowest BCUT2D eigenvalue weighted by Crippen LogP contribution is -2.65. The lowest BCUT2D eigenvalue weighted by molar-refractivity contribution is -0.199. The van der Waals surface area contributed by atoms with Gasteiger partial charge < -0.3 is 29.2 Å². The van der Waals surface area contributed by atoms with Crippen LogP contribution in [0.1, 0.15) is 95.2 Å². The molecule has 9 rings (SSSR count). The molecule has 2 saturated heterocycles. The highest BCUT2D eigenvalue weighted by Crippen LogP contribution is 2.65. The van der Waals surface area contributed by atoms with Crippen LogP contribution in [0.2, 0.25) is 0 Å². The zero-order valence-electron chi connectivity index (χ0n) is 31.6. The molecule has 0 radical (unpaired) electrons. The maximum Gasteiger partial charge on any atom is 0.481 e. The molecule has 1 N–H and O–H groups in total. The summed E-state index contributed by atoms with van der Waals surface area (Å²) >= 11 is 0. The topological polar surface area (TPSA) is 101 Å². The molecule has 0 spiro atoms. The quantitative estimate of drug-likeness (QED) is 0.273. The van der Waals surface area contributed by atoms with Crippen molar-refractivity contribution in [1.82, 2.24) is 20.0 Å². The van der Waals surface area contributed by atoms with Crippen molar-refractivity contribution in [3.63, 3.8) is 0 Å². The van der Waals surface area contributed by atoms with E-state index in [1.165, 1.54) is 0 Å². The predicted octanol–water partition coefficient (Wildman–Crippen LogP) is 6.87. The number of nitrogens with zero attached hydrogens (tertiary/aromatic N) is 3. The third-order valence-electron chi connectivity index (χ3n) is 13.4. The number of rotatable bonds is 4. The van der Waals surface area contributed by atoms with Gasteiger partial charge in [-0.05, 0) is 73.0 Å². The minimum atomic E-state index is -0.820. The van der Waals surface area contributed by atoms with Crippen LogP contribution >= 0.6 is 0 Å². The van der Waals surface area contributed by atoms with Crippen molar-refractivity contribution in [2.75, 3.05) is 13.1 Å². The second-order valence-corrected chi connectivity index (χ2v) is 17.1. The first kappa shape index (κ1) is 36.2. The van der Waals surface area contributed by atoms with Crippen LogP contribution < -0.4 is 5.32 Å². The van der Waals surface area contributed by atoms with Gasteiger partial charge in [0.25, 0.3) is 0 Å². The average molecular weight is 723 g/mol. The van der Waals surface area contributed by atoms with Crippen molar-refractivity contribution < 1.29 is 28.4 Å². The summed E-state index contributed by atoms with van der Waals surface area (Å²) in [5, 5.41) is 3.35. The van der Waals surface area contributed by atoms with Crippen LogP contribution in [0, 0.1) is 17.3 Å². The summed E-state index contributed by atoms with van der Waals surface area (Å²) in [7, 11) is -0.559. The van der Waals surface area contributed by atoms with E-state index in [0.29, 0.717) is 38.0 Å². The number of ether oxygens (including phenoxy) is 1. The number of urea groups is 1. The van der Waals surface area contributed by atoms with E-state index in [9.17, 15) is 14.4 Å².